The predicted molar refractivity (Wildman–Crippen MR) is 48.4 cm³/mol. The Hall–Kier alpha value is -0.940. The van der Waals surface area contributed by atoms with Crippen LogP contribution in [0.15, 0.2) is 0 Å². The van der Waals surface area contributed by atoms with Gasteiger partial charge in [0.2, 0.25) is 11.8 Å². The molecule has 0 aliphatic carbocycles. The Morgan fingerprint density at radius 3 is 2.79 bits per heavy atom. The first-order valence-electron chi connectivity index (χ1n) is 4.92. The third-order valence-corrected chi connectivity index (χ3v) is 2.81. The van der Waals surface area contributed by atoms with Gasteiger partial charge in [0.05, 0.1) is 18.6 Å². The average Bonchev–Trinajstić information content (AvgIpc) is 2.45. The second kappa shape index (κ2) is 3.67. The van der Waals surface area contributed by atoms with Crippen LogP contribution in [0.4, 0.5) is 0 Å². The third-order valence-electron chi connectivity index (χ3n) is 2.81. The number of likely N-dealkylation sites (tertiary alicyclic amines) is 1. The van der Waals surface area contributed by atoms with Crippen LogP contribution in [0.25, 0.3) is 0 Å². The van der Waals surface area contributed by atoms with Crippen molar-refractivity contribution >= 4 is 11.8 Å². The van der Waals surface area contributed by atoms with E-state index < -0.39 is 0 Å². The van der Waals surface area contributed by atoms with Crippen molar-refractivity contribution in [2.45, 2.75) is 31.4 Å². The molecule has 2 aliphatic rings. The van der Waals surface area contributed by atoms with Crippen molar-refractivity contribution < 1.29 is 14.7 Å². The number of amides is 2. The SMILES string of the molecule is O=C1CC(N2CCC[C@H](O)C2)C(=O)N1. The third kappa shape index (κ3) is 1.78. The van der Waals surface area contributed by atoms with Gasteiger partial charge in [-0.1, -0.05) is 0 Å². The molecular formula is C9H14N2O3. The van der Waals surface area contributed by atoms with Crippen molar-refractivity contribution in [3.63, 3.8) is 0 Å². The fourth-order valence-electron chi connectivity index (χ4n) is 2.10. The number of nitrogens with one attached hydrogen (secondary N) is 1. The predicted octanol–water partition coefficient (Wildman–Crippen LogP) is -1.14. The molecule has 2 saturated heterocycles. The molecule has 0 radical (unpaired) electrons. The van der Waals surface area contributed by atoms with Crippen molar-refractivity contribution in [2.24, 2.45) is 0 Å². The highest BCUT2D eigenvalue weighted by atomic mass is 16.3. The molecule has 14 heavy (non-hydrogen) atoms. The Labute approximate surface area is 82.1 Å². The minimum Gasteiger partial charge on any atom is -0.392 e. The number of β-amino-alcohol motifs (C(OH)–C–C–N with tert-alkyl or cyclic N) is 1. The van der Waals surface area contributed by atoms with Gasteiger partial charge in [-0.2, -0.15) is 0 Å². The lowest BCUT2D eigenvalue weighted by atomic mass is 10.1. The van der Waals surface area contributed by atoms with Gasteiger partial charge in [0.1, 0.15) is 0 Å². The van der Waals surface area contributed by atoms with E-state index in [0.29, 0.717) is 6.54 Å². The zero-order chi connectivity index (χ0) is 10.1. The zero-order valence-electron chi connectivity index (χ0n) is 7.90. The Morgan fingerprint density at radius 1 is 1.43 bits per heavy atom. The minimum atomic E-state index is -0.354. The van der Waals surface area contributed by atoms with Gasteiger partial charge in [0.25, 0.3) is 0 Å². The smallest absolute Gasteiger partial charge is 0.244 e. The number of rotatable bonds is 1. The van der Waals surface area contributed by atoms with E-state index in [1.807, 2.05) is 4.90 Å². The molecule has 2 rings (SSSR count). The van der Waals surface area contributed by atoms with E-state index >= 15 is 0 Å². The molecule has 2 heterocycles. The highest BCUT2D eigenvalue weighted by Gasteiger charge is 2.36. The molecule has 0 aromatic rings. The summed E-state index contributed by atoms with van der Waals surface area (Å²) in [5, 5.41) is 11.7. The summed E-state index contributed by atoms with van der Waals surface area (Å²) >= 11 is 0. The van der Waals surface area contributed by atoms with Gasteiger partial charge in [0.15, 0.2) is 0 Å². The van der Waals surface area contributed by atoms with Crippen LogP contribution >= 0.6 is 0 Å². The first-order valence-corrected chi connectivity index (χ1v) is 4.92. The maximum absolute atomic E-state index is 11.3. The van der Waals surface area contributed by atoms with E-state index in [1.165, 1.54) is 0 Å². The summed E-state index contributed by atoms with van der Waals surface area (Å²) < 4.78 is 0. The van der Waals surface area contributed by atoms with Crippen LogP contribution < -0.4 is 5.32 Å². The van der Waals surface area contributed by atoms with Crippen molar-refractivity contribution in [1.29, 1.82) is 0 Å². The molecule has 2 amide bonds. The van der Waals surface area contributed by atoms with Crippen LogP contribution in [0.5, 0.6) is 0 Å². The molecule has 2 aliphatic heterocycles. The lowest BCUT2D eigenvalue weighted by Gasteiger charge is -2.32. The fraction of sp³-hybridized carbons (Fsp3) is 0.778. The van der Waals surface area contributed by atoms with Crippen molar-refractivity contribution in [3.8, 4) is 0 Å². The van der Waals surface area contributed by atoms with Crippen LogP contribution in [-0.4, -0.2) is 47.1 Å². The van der Waals surface area contributed by atoms with E-state index in [-0.39, 0.29) is 30.4 Å². The number of hydrogen-bond donors (Lipinski definition) is 2. The number of hydrogen-bond acceptors (Lipinski definition) is 4. The van der Waals surface area contributed by atoms with E-state index in [4.69, 9.17) is 0 Å². The van der Waals surface area contributed by atoms with Crippen molar-refractivity contribution in [3.05, 3.63) is 0 Å². The molecule has 2 fully saturated rings. The number of nitrogens with zero attached hydrogens (tertiary/aromatic N) is 1. The molecular weight excluding hydrogens is 184 g/mol. The van der Waals surface area contributed by atoms with Crippen LogP contribution in [0, 0.1) is 0 Å². The van der Waals surface area contributed by atoms with E-state index in [0.717, 1.165) is 19.4 Å². The summed E-state index contributed by atoms with van der Waals surface area (Å²) in [4.78, 5) is 24.2. The summed E-state index contributed by atoms with van der Waals surface area (Å²) in [6.07, 6.45) is 1.57. The number of imide groups is 1. The lowest BCUT2D eigenvalue weighted by molar-refractivity contribution is -0.126. The van der Waals surface area contributed by atoms with Gasteiger partial charge in [0, 0.05) is 6.54 Å². The second-order valence-corrected chi connectivity index (χ2v) is 3.92. The lowest BCUT2D eigenvalue weighted by Crippen LogP contribution is -2.47. The van der Waals surface area contributed by atoms with Gasteiger partial charge in [-0.25, -0.2) is 0 Å². The second-order valence-electron chi connectivity index (χ2n) is 3.92. The first-order chi connectivity index (χ1) is 6.66. The van der Waals surface area contributed by atoms with Crippen LogP contribution in [0.3, 0.4) is 0 Å². The molecule has 1 unspecified atom stereocenters. The van der Waals surface area contributed by atoms with Gasteiger partial charge < -0.3 is 5.11 Å². The number of carbonyl (C=O) groups is 2. The summed E-state index contributed by atoms with van der Waals surface area (Å²) in [6.45, 7) is 1.30. The molecule has 5 heteroatoms. The van der Waals surface area contributed by atoms with Gasteiger partial charge in [-0.15, -0.1) is 0 Å². The maximum Gasteiger partial charge on any atom is 0.244 e. The fourth-order valence-corrected chi connectivity index (χ4v) is 2.10. The zero-order valence-corrected chi connectivity index (χ0v) is 7.90. The normalized spacial score (nSPS) is 34.6. The molecule has 2 N–H and O–H groups in total. The monoisotopic (exact) mass is 198 g/mol. The Morgan fingerprint density at radius 2 is 2.21 bits per heavy atom. The molecule has 0 bridgehead atoms. The highest BCUT2D eigenvalue weighted by molar-refractivity contribution is 6.05. The maximum atomic E-state index is 11.3. The van der Waals surface area contributed by atoms with Crippen LogP contribution in [0.1, 0.15) is 19.3 Å². The Kier molecular flexibility index (Phi) is 2.52. The number of aliphatic hydroxyl groups is 1. The molecule has 2 atom stereocenters. The number of piperidine rings is 1. The molecule has 78 valence electrons. The Balaban J connectivity index is 2.00. The molecule has 0 aromatic heterocycles. The quantitative estimate of drug-likeness (QED) is 0.522. The largest absolute Gasteiger partial charge is 0.392 e. The van der Waals surface area contributed by atoms with Crippen molar-refractivity contribution in [2.75, 3.05) is 13.1 Å². The number of aliphatic hydroxyl groups excluding tert-OH is 1. The summed E-state index contributed by atoms with van der Waals surface area (Å²) in [7, 11) is 0. The topological polar surface area (TPSA) is 69.6 Å². The molecule has 0 saturated carbocycles. The number of carbonyl (C=O) groups excluding carboxylic acids is 2. The van der Waals surface area contributed by atoms with E-state index in [9.17, 15) is 14.7 Å². The minimum absolute atomic E-state index is 0.208. The summed E-state index contributed by atoms with van der Waals surface area (Å²) in [5.41, 5.74) is 0. The van der Waals surface area contributed by atoms with E-state index in [1.54, 1.807) is 0 Å². The molecule has 5 nitrogen and oxygen atoms in total. The molecule has 0 aromatic carbocycles. The van der Waals surface area contributed by atoms with Crippen LogP contribution in [-0.2, 0) is 9.59 Å². The summed E-state index contributed by atoms with van der Waals surface area (Å²) in [5.74, 6) is -0.427. The van der Waals surface area contributed by atoms with Gasteiger partial charge in [-0.3, -0.25) is 19.8 Å². The highest BCUT2D eigenvalue weighted by Crippen LogP contribution is 2.17. The van der Waals surface area contributed by atoms with Gasteiger partial charge >= 0.3 is 0 Å². The average molecular weight is 198 g/mol. The standard InChI is InChI=1S/C9H14N2O3/c12-6-2-1-3-11(5-6)7-4-8(13)10-9(7)14/h6-7,12H,1-5H2,(H,10,13,14)/t6-,7?/m0/s1. The molecule has 0 spiro atoms. The van der Waals surface area contributed by atoms with Crippen molar-refractivity contribution in [1.82, 2.24) is 10.2 Å². The van der Waals surface area contributed by atoms with E-state index in [2.05, 4.69) is 5.32 Å². The Bertz CT molecular complexity index is 267. The first kappa shape index (κ1) is 9.61. The van der Waals surface area contributed by atoms with Crippen LogP contribution in [0.2, 0.25) is 0 Å². The van der Waals surface area contributed by atoms with Gasteiger partial charge in [-0.05, 0) is 19.4 Å². The summed E-state index contributed by atoms with van der Waals surface area (Å²) in [6, 6.07) is -0.350.